The van der Waals surface area contributed by atoms with Crippen LogP contribution in [0, 0.1) is 6.92 Å². The van der Waals surface area contributed by atoms with E-state index in [0.717, 1.165) is 48.2 Å². The van der Waals surface area contributed by atoms with E-state index in [1.54, 1.807) is 18.0 Å². The van der Waals surface area contributed by atoms with Crippen LogP contribution in [0.1, 0.15) is 69.2 Å². The Morgan fingerprint density at radius 2 is 1.97 bits per heavy atom. The topological polar surface area (TPSA) is 91.6 Å². The van der Waals surface area contributed by atoms with Gasteiger partial charge in [0.15, 0.2) is 11.4 Å². The highest BCUT2D eigenvalue weighted by atomic mass is 16.5. The Labute approximate surface area is 206 Å². The van der Waals surface area contributed by atoms with Gasteiger partial charge in [0, 0.05) is 35.5 Å². The molecule has 1 aliphatic rings. The number of nitrogens with one attached hydrogen (secondary N) is 1. The van der Waals surface area contributed by atoms with Crippen LogP contribution in [0.4, 0.5) is 0 Å². The Balaban J connectivity index is 1.54. The van der Waals surface area contributed by atoms with Gasteiger partial charge in [0.1, 0.15) is 6.33 Å². The number of fused-ring (bicyclic) bond motifs is 2. The highest BCUT2D eigenvalue weighted by molar-refractivity contribution is 5.89. The number of pyridine rings is 2. The van der Waals surface area contributed by atoms with Crippen LogP contribution in [-0.2, 0) is 0 Å². The molecule has 0 amide bonds. The van der Waals surface area contributed by atoms with Crippen LogP contribution in [0.25, 0.3) is 27.9 Å². The van der Waals surface area contributed by atoms with Crippen LogP contribution in [0.2, 0.25) is 0 Å². The van der Waals surface area contributed by atoms with E-state index in [0.29, 0.717) is 23.9 Å². The third-order valence-corrected chi connectivity index (χ3v) is 7.05. The number of β-amino-alcohol motifs (C(OH)–C–C–N with tert-alkyl or cyclic N) is 1. The maximum Gasteiger partial charge on any atom is 0.197 e. The van der Waals surface area contributed by atoms with Crippen molar-refractivity contribution in [3.63, 3.8) is 0 Å². The molecule has 5 rings (SSSR count). The Morgan fingerprint density at radius 1 is 1.23 bits per heavy atom. The van der Waals surface area contributed by atoms with Gasteiger partial charge in [-0.2, -0.15) is 5.10 Å². The Morgan fingerprint density at radius 3 is 2.63 bits per heavy atom. The summed E-state index contributed by atoms with van der Waals surface area (Å²) in [7, 11) is 1.66. The first-order valence-electron chi connectivity index (χ1n) is 12.5. The van der Waals surface area contributed by atoms with Crippen LogP contribution >= 0.6 is 0 Å². The van der Waals surface area contributed by atoms with Gasteiger partial charge in [0.05, 0.1) is 29.4 Å². The number of aliphatic hydroxyl groups is 1. The van der Waals surface area contributed by atoms with E-state index < -0.39 is 5.60 Å². The van der Waals surface area contributed by atoms with Crippen molar-refractivity contribution in [2.24, 2.45) is 0 Å². The average molecular weight is 477 g/mol. The Hall–Kier alpha value is -2.97. The fourth-order valence-corrected chi connectivity index (χ4v) is 5.55. The second-order valence-corrected chi connectivity index (χ2v) is 10.8. The number of hydrogen-bond acceptors (Lipinski definition) is 6. The van der Waals surface area contributed by atoms with Crippen LogP contribution in [0.5, 0.6) is 5.75 Å². The number of hydrogen-bond donors (Lipinski definition) is 2. The van der Waals surface area contributed by atoms with Crippen molar-refractivity contribution < 1.29 is 9.84 Å². The molecule has 0 atom stereocenters. The van der Waals surface area contributed by atoms with Crippen molar-refractivity contribution in [2.45, 2.75) is 64.9 Å². The summed E-state index contributed by atoms with van der Waals surface area (Å²) >= 11 is 0. The first-order valence-corrected chi connectivity index (χ1v) is 12.5. The molecule has 1 saturated heterocycles. The summed E-state index contributed by atoms with van der Waals surface area (Å²) in [6.45, 7) is 13.1. The summed E-state index contributed by atoms with van der Waals surface area (Å²) in [4.78, 5) is 15.6. The summed E-state index contributed by atoms with van der Waals surface area (Å²) in [6.07, 6.45) is 5.65. The van der Waals surface area contributed by atoms with Gasteiger partial charge in [0.25, 0.3) is 0 Å². The van der Waals surface area contributed by atoms with Crippen molar-refractivity contribution >= 4 is 16.7 Å². The monoisotopic (exact) mass is 476 g/mol. The summed E-state index contributed by atoms with van der Waals surface area (Å²) in [5.41, 5.74) is 7.84. The lowest BCUT2D eigenvalue weighted by atomic mass is 9.89. The van der Waals surface area contributed by atoms with E-state index in [-0.39, 0.29) is 5.92 Å². The molecule has 0 saturated carbocycles. The molecule has 35 heavy (non-hydrogen) atoms. The first-order chi connectivity index (χ1) is 16.6. The normalized spacial score (nSPS) is 16.1. The van der Waals surface area contributed by atoms with E-state index in [1.165, 1.54) is 16.8 Å². The van der Waals surface area contributed by atoms with Crippen LogP contribution in [0.15, 0.2) is 24.7 Å². The lowest BCUT2D eigenvalue weighted by Crippen LogP contribution is -2.42. The molecule has 1 aliphatic heterocycles. The number of H-pyrrole nitrogens is 1. The van der Waals surface area contributed by atoms with Crippen molar-refractivity contribution in [1.29, 1.82) is 0 Å². The van der Waals surface area contributed by atoms with Crippen LogP contribution in [0.3, 0.4) is 0 Å². The molecule has 0 unspecified atom stereocenters. The van der Waals surface area contributed by atoms with Gasteiger partial charge in [-0.25, -0.2) is 9.50 Å². The zero-order valence-electron chi connectivity index (χ0n) is 21.6. The van der Waals surface area contributed by atoms with Gasteiger partial charge in [-0.15, -0.1) is 0 Å². The zero-order chi connectivity index (χ0) is 24.9. The fraction of sp³-hybridized carbons (Fsp3) is 0.519. The molecule has 1 fully saturated rings. The molecular weight excluding hydrogens is 440 g/mol. The van der Waals surface area contributed by atoms with E-state index in [2.05, 4.69) is 46.8 Å². The van der Waals surface area contributed by atoms with Gasteiger partial charge in [0.2, 0.25) is 0 Å². The molecule has 4 aromatic rings. The smallest absolute Gasteiger partial charge is 0.197 e. The molecule has 8 heteroatoms. The Bertz CT molecular complexity index is 1360. The average Bonchev–Trinajstić information content (AvgIpc) is 3.41. The molecule has 0 aromatic carbocycles. The van der Waals surface area contributed by atoms with E-state index >= 15 is 0 Å². The van der Waals surface area contributed by atoms with Crippen molar-refractivity contribution in [3.05, 3.63) is 41.5 Å². The largest absolute Gasteiger partial charge is 0.493 e. The number of nitrogens with zero attached hydrogens (tertiary/aromatic N) is 5. The standard InChI is InChI=1S/C27H36N6O2/c1-16(2)22-24(19-12-21(35-6)26-28-15-29-33(26)13-19)30-20-11-17(3)23(31-25(20)22)18-7-9-32(10-8-18)14-27(4,5)34/h11-13,15-16,18,30,34H,7-10,14H2,1-6H3. The third-order valence-electron chi connectivity index (χ3n) is 7.05. The van der Waals surface area contributed by atoms with Gasteiger partial charge in [-0.05, 0) is 70.3 Å². The molecule has 0 radical (unpaired) electrons. The van der Waals surface area contributed by atoms with Crippen molar-refractivity contribution in [2.75, 3.05) is 26.7 Å². The SMILES string of the molecule is COc1cc(-c2[nH]c3cc(C)c(C4CCN(CC(C)(C)O)CC4)nc3c2C(C)C)cn2ncnc12. The number of piperidine rings is 1. The number of likely N-dealkylation sites (tertiary alicyclic amines) is 1. The number of aryl methyl sites for hydroxylation is 1. The highest BCUT2D eigenvalue weighted by Gasteiger charge is 2.28. The number of methoxy groups -OCH3 is 1. The van der Waals surface area contributed by atoms with Crippen LogP contribution in [-0.4, -0.2) is 66.9 Å². The van der Waals surface area contributed by atoms with Gasteiger partial charge in [-0.3, -0.25) is 4.98 Å². The predicted molar refractivity (Wildman–Crippen MR) is 138 cm³/mol. The lowest BCUT2D eigenvalue weighted by Gasteiger charge is -2.35. The summed E-state index contributed by atoms with van der Waals surface area (Å²) in [5, 5.41) is 14.5. The van der Waals surface area contributed by atoms with Crippen LogP contribution < -0.4 is 4.74 Å². The first kappa shape index (κ1) is 23.8. The molecule has 4 aromatic heterocycles. The minimum atomic E-state index is -0.661. The number of aromatic nitrogens is 5. The molecule has 5 heterocycles. The quantitative estimate of drug-likeness (QED) is 0.420. The molecular formula is C27H36N6O2. The molecule has 2 N–H and O–H groups in total. The third kappa shape index (κ3) is 4.52. The second kappa shape index (κ2) is 8.91. The molecule has 0 spiro atoms. The van der Waals surface area contributed by atoms with E-state index in [4.69, 9.17) is 9.72 Å². The number of rotatable bonds is 6. The fourth-order valence-electron chi connectivity index (χ4n) is 5.55. The minimum Gasteiger partial charge on any atom is -0.493 e. The number of ether oxygens (including phenoxy) is 1. The lowest BCUT2D eigenvalue weighted by molar-refractivity contribution is 0.0280. The summed E-state index contributed by atoms with van der Waals surface area (Å²) in [6, 6.07) is 4.27. The predicted octanol–water partition coefficient (Wildman–Crippen LogP) is 4.66. The van der Waals surface area contributed by atoms with Crippen molar-refractivity contribution in [1.82, 2.24) is 29.5 Å². The van der Waals surface area contributed by atoms with Gasteiger partial charge < -0.3 is 19.7 Å². The molecule has 186 valence electrons. The summed E-state index contributed by atoms with van der Waals surface area (Å²) < 4.78 is 7.37. The highest BCUT2D eigenvalue weighted by Crippen LogP contribution is 2.39. The van der Waals surface area contributed by atoms with Gasteiger partial charge >= 0.3 is 0 Å². The van der Waals surface area contributed by atoms with E-state index in [9.17, 15) is 5.11 Å². The minimum absolute atomic E-state index is 0.285. The van der Waals surface area contributed by atoms with Crippen molar-refractivity contribution in [3.8, 4) is 17.0 Å². The van der Waals surface area contributed by atoms with E-state index in [1.807, 2.05) is 26.1 Å². The zero-order valence-corrected chi connectivity index (χ0v) is 21.6. The molecule has 8 nitrogen and oxygen atoms in total. The maximum atomic E-state index is 10.2. The maximum absolute atomic E-state index is 10.2. The summed E-state index contributed by atoms with van der Waals surface area (Å²) in [5.74, 6) is 1.41. The Kier molecular flexibility index (Phi) is 6.05. The van der Waals surface area contributed by atoms with Gasteiger partial charge in [-0.1, -0.05) is 13.8 Å². The molecule has 0 aliphatic carbocycles. The number of aromatic amines is 1. The molecule has 0 bridgehead atoms. The second-order valence-electron chi connectivity index (χ2n) is 10.8.